The highest BCUT2D eigenvalue weighted by Crippen LogP contribution is 2.33. The average molecular weight is 487 g/mol. The monoisotopic (exact) mass is 487 g/mol. The highest BCUT2D eigenvalue weighted by atomic mass is 19.4. The third-order valence-electron chi connectivity index (χ3n) is 5.42. The summed E-state index contributed by atoms with van der Waals surface area (Å²) in [5, 5.41) is 4.99. The van der Waals surface area contributed by atoms with Crippen molar-refractivity contribution in [2.24, 2.45) is 0 Å². The molecular weight excluding hydrogens is 463 g/mol. The number of halogens is 3. The lowest BCUT2D eigenvalue weighted by molar-refractivity contribution is -0.138. The number of aromatic nitrogens is 2. The van der Waals surface area contributed by atoms with Gasteiger partial charge in [-0.15, -0.1) is 0 Å². The molecule has 1 atom stereocenters. The second kappa shape index (κ2) is 10.2. The van der Waals surface area contributed by atoms with Gasteiger partial charge in [-0.05, 0) is 55.8 Å². The maximum Gasteiger partial charge on any atom is 0.416 e. The fourth-order valence-corrected chi connectivity index (χ4v) is 3.64. The van der Waals surface area contributed by atoms with Crippen molar-refractivity contribution in [1.29, 1.82) is 0 Å². The second-order valence-corrected chi connectivity index (χ2v) is 8.06. The molecule has 0 spiro atoms. The zero-order valence-corrected chi connectivity index (χ0v) is 19.1. The standard InChI is InChI=1S/C24H24F3N5O3/c1-15-3-4-18(11-20(15)24(25,26)27)31-23(33)30-17-5-7-19(8-6-17)35-22-12-21(28-14-29-22)32-9-10-34-13-16(32)2/h3-8,11-12,14,16H,9-10,13H2,1-2H3,(H2,30,31,33). The molecule has 2 amide bonds. The number of ether oxygens (including phenoxy) is 2. The molecule has 1 aliphatic heterocycles. The van der Waals surface area contributed by atoms with E-state index < -0.39 is 17.8 Å². The number of carbonyl (C=O) groups is 1. The summed E-state index contributed by atoms with van der Waals surface area (Å²) in [6.45, 7) is 5.38. The first kappa shape index (κ1) is 24.3. The fraction of sp³-hybridized carbons (Fsp3) is 0.292. The van der Waals surface area contributed by atoms with Crippen LogP contribution >= 0.6 is 0 Å². The number of carbonyl (C=O) groups excluding carboxylic acids is 1. The number of urea groups is 1. The van der Waals surface area contributed by atoms with E-state index in [0.29, 0.717) is 30.5 Å². The summed E-state index contributed by atoms with van der Waals surface area (Å²) in [5.41, 5.74) is -0.250. The van der Waals surface area contributed by atoms with Crippen LogP contribution in [0.3, 0.4) is 0 Å². The number of amides is 2. The molecule has 0 saturated carbocycles. The van der Waals surface area contributed by atoms with Gasteiger partial charge in [0.25, 0.3) is 0 Å². The van der Waals surface area contributed by atoms with Crippen molar-refractivity contribution in [2.45, 2.75) is 26.1 Å². The van der Waals surface area contributed by atoms with Crippen LogP contribution in [0.2, 0.25) is 0 Å². The lowest BCUT2D eigenvalue weighted by atomic mass is 10.1. The molecule has 35 heavy (non-hydrogen) atoms. The summed E-state index contributed by atoms with van der Waals surface area (Å²) in [7, 11) is 0. The second-order valence-electron chi connectivity index (χ2n) is 8.06. The van der Waals surface area contributed by atoms with Crippen LogP contribution in [0.15, 0.2) is 54.9 Å². The van der Waals surface area contributed by atoms with E-state index in [1.165, 1.54) is 25.4 Å². The van der Waals surface area contributed by atoms with Crippen LogP contribution in [0.1, 0.15) is 18.1 Å². The molecule has 1 saturated heterocycles. The van der Waals surface area contributed by atoms with Crippen molar-refractivity contribution >= 4 is 23.2 Å². The van der Waals surface area contributed by atoms with Gasteiger partial charge in [-0.2, -0.15) is 13.2 Å². The Morgan fingerprint density at radius 2 is 1.80 bits per heavy atom. The summed E-state index contributed by atoms with van der Waals surface area (Å²) < 4.78 is 50.5. The molecule has 3 aromatic rings. The molecule has 1 fully saturated rings. The van der Waals surface area contributed by atoms with E-state index in [2.05, 4.69) is 32.4 Å². The predicted octanol–water partition coefficient (Wildman–Crippen LogP) is 5.47. The van der Waals surface area contributed by atoms with E-state index in [4.69, 9.17) is 9.47 Å². The number of hydrogen-bond donors (Lipinski definition) is 2. The van der Waals surface area contributed by atoms with Crippen molar-refractivity contribution in [1.82, 2.24) is 9.97 Å². The molecular formula is C24H24F3N5O3. The molecule has 1 aliphatic rings. The topological polar surface area (TPSA) is 88.6 Å². The van der Waals surface area contributed by atoms with Gasteiger partial charge in [-0.1, -0.05) is 6.07 Å². The van der Waals surface area contributed by atoms with Gasteiger partial charge < -0.3 is 25.0 Å². The number of nitrogens with one attached hydrogen (secondary N) is 2. The summed E-state index contributed by atoms with van der Waals surface area (Å²) >= 11 is 0. The van der Waals surface area contributed by atoms with E-state index in [0.717, 1.165) is 18.4 Å². The van der Waals surface area contributed by atoms with Gasteiger partial charge in [-0.3, -0.25) is 0 Å². The van der Waals surface area contributed by atoms with Crippen LogP contribution in [0, 0.1) is 6.92 Å². The number of aryl methyl sites for hydroxylation is 1. The third-order valence-corrected chi connectivity index (χ3v) is 5.42. The molecule has 0 radical (unpaired) electrons. The van der Waals surface area contributed by atoms with Crippen LogP contribution in [0.4, 0.5) is 35.2 Å². The Labute approximate surface area is 200 Å². The predicted molar refractivity (Wildman–Crippen MR) is 125 cm³/mol. The van der Waals surface area contributed by atoms with Crippen LogP contribution in [-0.2, 0) is 10.9 Å². The maximum atomic E-state index is 13.1. The fourth-order valence-electron chi connectivity index (χ4n) is 3.64. The van der Waals surface area contributed by atoms with E-state index in [1.807, 2.05) is 0 Å². The van der Waals surface area contributed by atoms with E-state index in [9.17, 15) is 18.0 Å². The summed E-state index contributed by atoms with van der Waals surface area (Å²) in [4.78, 5) is 22.8. The van der Waals surface area contributed by atoms with Crippen molar-refractivity contribution in [3.8, 4) is 11.6 Å². The number of rotatable bonds is 5. The van der Waals surface area contributed by atoms with Gasteiger partial charge >= 0.3 is 12.2 Å². The van der Waals surface area contributed by atoms with Gasteiger partial charge in [0.1, 0.15) is 17.9 Å². The molecule has 0 bridgehead atoms. The zero-order valence-electron chi connectivity index (χ0n) is 19.1. The Morgan fingerprint density at radius 3 is 2.51 bits per heavy atom. The number of benzene rings is 2. The first-order chi connectivity index (χ1) is 16.7. The molecule has 1 aromatic heterocycles. The largest absolute Gasteiger partial charge is 0.439 e. The zero-order chi connectivity index (χ0) is 25.0. The number of morpholine rings is 1. The normalized spacial score (nSPS) is 16.0. The average Bonchev–Trinajstić information content (AvgIpc) is 2.81. The van der Waals surface area contributed by atoms with Crippen molar-refractivity contribution in [2.75, 3.05) is 35.3 Å². The SMILES string of the molecule is Cc1ccc(NC(=O)Nc2ccc(Oc3cc(N4CCOCC4C)ncn3)cc2)cc1C(F)(F)F. The number of alkyl halides is 3. The third kappa shape index (κ3) is 6.18. The lowest BCUT2D eigenvalue weighted by Crippen LogP contribution is -2.44. The highest BCUT2D eigenvalue weighted by Gasteiger charge is 2.32. The molecule has 184 valence electrons. The minimum Gasteiger partial charge on any atom is -0.439 e. The molecule has 2 N–H and O–H groups in total. The lowest BCUT2D eigenvalue weighted by Gasteiger charge is -2.34. The minimum atomic E-state index is -4.50. The number of hydrogen-bond acceptors (Lipinski definition) is 6. The molecule has 11 heteroatoms. The molecule has 0 aliphatic carbocycles. The molecule has 2 aromatic carbocycles. The molecule has 4 rings (SSSR count). The van der Waals surface area contributed by atoms with Crippen molar-refractivity contribution in [3.63, 3.8) is 0 Å². The van der Waals surface area contributed by atoms with Gasteiger partial charge in [-0.25, -0.2) is 14.8 Å². The van der Waals surface area contributed by atoms with Gasteiger partial charge in [0.2, 0.25) is 5.88 Å². The Balaban J connectivity index is 1.37. The van der Waals surface area contributed by atoms with Crippen molar-refractivity contribution < 1.29 is 27.4 Å². The van der Waals surface area contributed by atoms with E-state index in [-0.39, 0.29) is 17.3 Å². The summed E-state index contributed by atoms with van der Waals surface area (Å²) in [6, 6.07) is 11.4. The minimum absolute atomic E-state index is 0.0366. The molecule has 1 unspecified atom stereocenters. The number of nitrogens with zero attached hydrogens (tertiary/aromatic N) is 3. The van der Waals surface area contributed by atoms with E-state index >= 15 is 0 Å². The quantitative estimate of drug-likeness (QED) is 0.497. The van der Waals surface area contributed by atoms with E-state index in [1.54, 1.807) is 30.3 Å². The van der Waals surface area contributed by atoms with Crippen LogP contribution in [0.25, 0.3) is 0 Å². The maximum absolute atomic E-state index is 13.1. The first-order valence-corrected chi connectivity index (χ1v) is 10.9. The Bertz CT molecular complexity index is 1190. The molecule has 2 heterocycles. The van der Waals surface area contributed by atoms with Gasteiger partial charge in [0.05, 0.1) is 24.8 Å². The summed E-state index contributed by atoms with van der Waals surface area (Å²) in [5.74, 6) is 1.60. The highest BCUT2D eigenvalue weighted by molar-refractivity contribution is 5.99. The van der Waals surface area contributed by atoms with Gasteiger partial charge in [0.15, 0.2) is 0 Å². The smallest absolute Gasteiger partial charge is 0.416 e. The van der Waals surface area contributed by atoms with Crippen LogP contribution < -0.4 is 20.3 Å². The van der Waals surface area contributed by atoms with Crippen LogP contribution in [0.5, 0.6) is 11.6 Å². The Hall–Kier alpha value is -3.86. The molecule has 8 nitrogen and oxygen atoms in total. The Morgan fingerprint density at radius 1 is 1.09 bits per heavy atom. The van der Waals surface area contributed by atoms with Crippen LogP contribution in [-0.4, -0.2) is 41.8 Å². The number of anilines is 3. The first-order valence-electron chi connectivity index (χ1n) is 10.9. The summed E-state index contributed by atoms with van der Waals surface area (Å²) in [6.07, 6.45) is -3.07. The Kier molecular flexibility index (Phi) is 7.06. The van der Waals surface area contributed by atoms with Gasteiger partial charge in [0, 0.05) is 24.0 Å². The van der Waals surface area contributed by atoms with Crippen molar-refractivity contribution in [3.05, 3.63) is 66.0 Å².